The molecule has 0 saturated carbocycles. The van der Waals surface area contributed by atoms with Crippen LogP contribution < -0.4 is 5.43 Å². The lowest BCUT2D eigenvalue weighted by atomic mass is 9.87. The van der Waals surface area contributed by atoms with E-state index in [9.17, 15) is 4.79 Å². The summed E-state index contributed by atoms with van der Waals surface area (Å²) in [5, 5.41) is 13.6. The molecule has 3 aromatic carbocycles. The zero-order valence-corrected chi connectivity index (χ0v) is 22.4. The highest BCUT2D eigenvalue weighted by atomic mass is 32.2. The van der Waals surface area contributed by atoms with Crippen LogP contribution in [0.3, 0.4) is 0 Å². The molecule has 0 bridgehead atoms. The van der Waals surface area contributed by atoms with Gasteiger partial charge in [0.15, 0.2) is 11.0 Å². The van der Waals surface area contributed by atoms with E-state index in [0.29, 0.717) is 5.16 Å². The molecule has 0 aliphatic carbocycles. The zero-order valence-electron chi connectivity index (χ0n) is 20.8. The van der Waals surface area contributed by atoms with Crippen molar-refractivity contribution in [2.75, 3.05) is 12.0 Å². The van der Waals surface area contributed by atoms with E-state index in [1.54, 1.807) is 18.0 Å². The molecule has 4 rings (SSSR count). The number of carbonyl (C=O) groups excluding carboxylic acids is 1. The maximum atomic E-state index is 12.5. The number of nitrogens with zero attached hydrogens (tertiary/aromatic N) is 4. The van der Waals surface area contributed by atoms with Crippen molar-refractivity contribution in [3.05, 3.63) is 90.0 Å². The lowest BCUT2D eigenvalue weighted by Gasteiger charge is -2.19. The molecule has 1 aromatic heterocycles. The van der Waals surface area contributed by atoms with Crippen LogP contribution in [0.5, 0.6) is 0 Å². The molecule has 0 aliphatic rings. The highest BCUT2D eigenvalue weighted by Crippen LogP contribution is 2.30. The summed E-state index contributed by atoms with van der Waals surface area (Å²) < 4.78 is 1.99. The number of para-hydroxylation sites is 1. The SMILES string of the molecule is CSc1ccc(/C=N\NC(=O)CSc2nnc(-c3ccc(C(C)(C)C)cc3)n2-c2ccccc2)cc1. The maximum absolute atomic E-state index is 12.5. The van der Waals surface area contributed by atoms with Crippen molar-refractivity contribution < 1.29 is 4.79 Å². The topological polar surface area (TPSA) is 72.2 Å². The monoisotopic (exact) mass is 515 g/mol. The number of hydrogen-bond acceptors (Lipinski definition) is 6. The fraction of sp³-hybridized carbons (Fsp3) is 0.214. The molecule has 0 atom stereocenters. The quantitative estimate of drug-likeness (QED) is 0.172. The van der Waals surface area contributed by atoms with Crippen LogP contribution in [-0.2, 0) is 10.2 Å². The van der Waals surface area contributed by atoms with Gasteiger partial charge in [-0.3, -0.25) is 9.36 Å². The second-order valence-corrected chi connectivity index (χ2v) is 11.0. The summed E-state index contributed by atoms with van der Waals surface area (Å²) in [7, 11) is 0. The van der Waals surface area contributed by atoms with Crippen molar-refractivity contribution in [2.24, 2.45) is 5.10 Å². The minimum atomic E-state index is -0.212. The minimum absolute atomic E-state index is 0.0700. The minimum Gasteiger partial charge on any atom is -0.272 e. The van der Waals surface area contributed by atoms with Gasteiger partial charge in [0.1, 0.15) is 0 Å². The first-order valence-corrected chi connectivity index (χ1v) is 13.8. The number of rotatable bonds is 8. The highest BCUT2D eigenvalue weighted by molar-refractivity contribution is 7.99. The molecule has 36 heavy (non-hydrogen) atoms. The molecule has 0 saturated heterocycles. The molecule has 8 heteroatoms. The first-order valence-electron chi connectivity index (χ1n) is 11.6. The number of amides is 1. The summed E-state index contributed by atoms with van der Waals surface area (Å²) in [5.41, 5.74) is 6.74. The maximum Gasteiger partial charge on any atom is 0.250 e. The fourth-order valence-corrected chi connectivity index (χ4v) is 4.66. The van der Waals surface area contributed by atoms with Crippen LogP contribution in [0.25, 0.3) is 17.1 Å². The Labute approximate surface area is 220 Å². The Balaban J connectivity index is 1.49. The van der Waals surface area contributed by atoms with Gasteiger partial charge < -0.3 is 0 Å². The summed E-state index contributed by atoms with van der Waals surface area (Å²) in [6.07, 6.45) is 3.67. The van der Waals surface area contributed by atoms with Gasteiger partial charge >= 0.3 is 0 Å². The number of nitrogens with one attached hydrogen (secondary N) is 1. The molecule has 0 unspecified atom stereocenters. The van der Waals surface area contributed by atoms with Crippen molar-refractivity contribution in [1.82, 2.24) is 20.2 Å². The molecule has 4 aromatic rings. The highest BCUT2D eigenvalue weighted by Gasteiger charge is 2.19. The van der Waals surface area contributed by atoms with Gasteiger partial charge in [-0.15, -0.1) is 22.0 Å². The molecular weight excluding hydrogens is 486 g/mol. The second kappa shape index (κ2) is 11.6. The number of hydrazone groups is 1. The van der Waals surface area contributed by atoms with Crippen LogP contribution in [0.15, 0.2) is 94.0 Å². The summed E-state index contributed by atoms with van der Waals surface area (Å²) in [4.78, 5) is 13.6. The zero-order chi connectivity index (χ0) is 25.5. The molecule has 1 N–H and O–H groups in total. The van der Waals surface area contributed by atoms with Gasteiger partial charge in [-0.25, -0.2) is 5.43 Å². The Kier molecular flexibility index (Phi) is 8.28. The van der Waals surface area contributed by atoms with Gasteiger partial charge in [0.05, 0.1) is 12.0 Å². The molecule has 1 heterocycles. The normalized spacial score (nSPS) is 11.7. The molecular formula is C28H29N5OS2. The fourth-order valence-electron chi connectivity index (χ4n) is 3.51. The van der Waals surface area contributed by atoms with Crippen LogP contribution in [0.2, 0.25) is 0 Å². The van der Waals surface area contributed by atoms with Crippen LogP contribution in [0.1, 0.15) is 31.9 Å². The van der Waals surface area contributed by atoms with Gasteiger partial charge in [-0.2, -0.15) is 5.10 Å². The number of carbonyl (C=O) groups is 1. The predicted octanol–water partition coefficient (Wildman–Crippen LogP) is 6.20. The average molecular weight is 516 g/mol. The van der Waals surface area contributed by atoms with Gasteiger partial charge in [0.2, 0.25) is 0 Å². The smallest absolute Gasteiger partial charge is 0.250 e. The van der Waals surface area contributed by atoms with Crippen LogP contribution in [0.4, 0.5) is 0 Å². The van der Waals surface area contributed by atoms with E-state index < -0.39 is 0 Å². The van der Waals surface area contributed by atoms with Crippen LogP contribution >= 0.6 is 23.5 Å². The standard InChI is InChI=1S/C28H29N5OS2/c1-28(2,3)22-14-12-21(13-15-22)26-31-32-27(33(26)23-8-6-5-7-9-23)36-19-25(34)30-29-18-20-10-16-24(35-4)17-11-20/h5-18H,19H2,1-4H3,(H,30,34)/b29-18-. The summed E-state index contributed by atoms with van der Waals surface area (Å²) in [5.74, 6) is 0.684. The number of aromatic nitrogens is 3. The number of benzene rings is 3. The van der Waals surface area contributed by atoms with E-state index >= 15 is 0 Å². The molecule has 0 radical (unpaired) electrons. The second-order valence-electron chi connectivity index (χ2n) is 9.16. The van der Waals surface area contributed by atoms with Gasteiger partial charge in [0, 0.05) is 16.1 Å². The van der Waals surface area contributed by atoms with Crippen molar-refractivity contribution in [3.8, 4) is 17.1 Å². The van der Waals surface area contributed by atoms with E-state index in [1.165, 1.54) is 22.2 Å². The van der Waals surface area contributed by atoms with E-state index in [2.05, 4.69) is 65.8 Å². The van der Waals surface area contributed by atoms with Crippen LogP contribution in [0, 0.1) is 0 Å². The Bertz CT molecular complexity index is 1330. The van der Waals surface area contributed by atoms with Crippen molar-refractivity contribution in [3.63, 3.8) is 0 Å². The van der Waals surface area contributed by atoms with E-state index in [1.807, 2.05) is 65.4 Å². The predicted molar refractivity (Wildman–Crippen MR) is 150 cm³/mol. The van der Waals surface area contributed by atoms with Gasteiger partial charge in [0.25, 0.3) is 5.91 Å². The third-order valence-electron chi connectivity index (χ3n) is 5.51. The Morgan fingerprint density at radius 3 is 2.31 bits per heavy atom. The molecule has 0 aliphatic heterocycles. The Morgan fingerprint density at radius 1 is 0.972 bits per heavy atom. The van der Waals surface area contributed by atoms with Crippen molar-refractivity contribution in [1.29, 1.82) is 0 Å². The first kappa shape index (κ1) is 25.7. The largest absolute Gasteiger partial charge is 0.272 e. The molecule has 184 valence electrons. The average Bonchev–Trinajstić information content (AvgIpc) is 3.32. The lowest BCUT2D eigenvalue weighted by molar-refractivity contribution is -0.118. The molecule has 0 spiro atoms. The molecule has 1 amide bonds. The summed E-state index contributed by atoms with van der Waals surface area (Å²) >= 11 is 3.01. The molecule has 0 fully saturated rings. The Morgan fingerprint density at radius 2 is 1.67 bits per heavy atom. The molecule has 6 nitrogen and oxygen atoms in total. The summed E-state index contributed by atoms with van der Waals surface area (Å²) in [6, 6.07) is 26.3. The Hall–Kier alpha value is -3.36. The third-order valence-corrected chi connectivity index (χ3v) is 7.18. The van der Waals surface area contributed by atoms with E-state index in [-0.39, 0.29) is 17.1 Å². The van der Waals surface area contributed by atoms with E-state index in [4.69, 9.17) is 0 Å². The van der Waals surface area contributed by atoms with Crippen LogP contribution in [-0.4, -0.2) is 38.9 Å². The number of hydrogen-bond donors (Lipinski definition) is 1. The lowest BCUT2D eigenvalue weighted by Crippen LogP contribution is -2.20. The van der Waals surface area contributed by atoms with Crippen molar-refractivity contribution >= 4 is 35.6 Å². The van der Waals surface area contributed by atoms with Gasteiger partial charge in [-0.05, 0) is 47.1 Å². The van der Waals surface area contributed by atoms with Crippen molar-refractivity contribution in [2.45, 2.75) is 36.2 Å². The van der Waals surface area contributed by atoms with E-state index in [0.717, 1.165) is 22.6 Å². The third kappa shape index (κ3) is 6.44. The van der Waals surface area contributed by atoms with Gasteiger partial charge in [-0.1, -0.05) is 87.1 Å². The first-order chi connectivity index (χ1) is 17.3. The summed E-state index contributed by atoms with van der Waals surface area (Å²) in [6.45, 7) is 6.58. The number of thioether (sulfide) groups is 2.